The average Bonchev–Trinajstić information content (AvgIpc) is 2.73. The van der Waals surface area contributed by atoms with Gasteiger partial charge in [-0.25, -0.2) is 0 Å². The SMILES string of the molecule is COc1ccc(OCC(=O)Nc2ccccc2N2CCN(C(C)=O)CC2)cc1. The molecule has 1 saturated heterocycles. The highest BCUT2D eigenvalue weighted by atomic mass is 16.5. The molecule has 0 atom stereocenters. The predicted molar refractivity (Wildman–Crippen MR) is 108 cm³/mol. The maximum absolute atomic E-state index is 12.4. The van der Waals surface area contributed by atoms with Crippen LogP contribution in [0.3, 0.4) is 0 Å². The Labute approximate surface area is 164 Å². The van der Waals surface area contributed by atoms with Gasteiger partial charge >= 0.3 is 0 Å². The molecule has 2 aromatic rings. The molecule has 7 heteroatoms. The van der Waals surface area contributed by atoms with Crippen LogP contribution in [0.4, 0.5) is 11.4 Å². The molecule has 0 aliphatic carbocycles. The quantitative estimate of drug-likeness (QED) is 0.829. The first-order valence-electron chi connectivity index (χ1n) is 9.23. The Kier molecular flexibility index (Phi) is 6.37. The van der Waals surface area contributed by atoms with Gasteiger partial charge in [0.25, 0.3) is 5.91 Å². The molecule has 0 bridgehead atoms. The maximum Gasteiger partial charge on any atom is 0.262 e. The summed E-state index contributed by atoms with van der Waals surface area (Å²) in [5, 5.41) is 2.92. The number of nitrogens with zero attached hydrogens (tertiary/aromatic N) is 2. The van der Waals surface area contributed by atoms with Crippen molar-refractivity contribution < 1.29 is 19.1 Å². The number of rotatable bonds is 6. The van der Waals surface area contributed by atoms with Crippen molar-refractivity contribution >= 4 is 23.2 Å². The van der Waals surface area contributed by atoms with Crippen molar-refractivity contribution in [3.8, 4) is 11.5 Å². The molecule has 1 aliphatic rings. The van der Waals surface area contributed by atoms with Gasteiger partial charge in [-0.2, -0.15) is 0 Å². The Hall–Kier alpha value is -3.22. The molecule has 0 aromatic heterocycles. The van der Waals surface area contributed by atoms with Crippen molar-refractivity contribution in [3.63, 3.8) is 0 Å². The van der Waals surface area contributed by atoms with Crippen molar-refractivity contribution in [1.82, 2.24) is 4.90 Å². The van der Waals surface area contributed by atoms with Gasteiger partial charge < -0.3 is 24.6 Å². The van der Waals surface area contributed by atoms with Crippen LogP contribution in [-0.2, 0) is 9.59 Å². The van der Waals surface area contributed by atoms with E-state index in [0.717, 1.165) is 30.2 Å². The number of amides is 2. The van der Waals surface area contributed by atoms with Crippen LogP contribution >= 0.6 is 0 Å². The zero-order valence-corrected chi connectivity index (χ0v) is 16.2. The molecule has 148 valence electrons. The van der Waals surface area contributed by atoms with Crippen LogP contribution in [0.25, 0.3) is 0 Å². The number of hydrogen-bond donors (Lipinski definition) is 1. The van der Waals surface area contributed by atoms with Crippen LogP contribution in [0.5, 0.6) is 11.5 Å². The van der Waals surface area contributed by atoms with Gasteiger partial charge in [0.15, 0.2) is 6.61 Å². The lowest BCUT2D eigenvalue weighted by Crippen LogP contribution is -2.48. The van der Waals surface area contributed by atoms with Gasteiger partial charge in [0.1, 0.15) is 11.5 Å². The smallest absolute Gasteiger partial charge is 0.262 e. The van der Waals surface area contributed by atoms with Crippen molar-refractivity contribution in [2.75, 3.05) is 50.1 Å². The topological polar surface area (TPSA) is 71.1 Å². The van der Waals surface area contributed by atoms with Crippen LogP contribution in [0.15, 0.2) is 48.5 Å². The Bertz CT molecular complexity index is 815. The molecule has 2 aromatic carbocycles. The number of ether oxygens (including phenoxy) is 2. The fraction of sp³-hybridized carbons (Fsp3) is 0.333. The first kappa shape index (κ1) is 19.5. The van der Waals surface area contributed by atoms with E-state index in [2.05, 4.69) is 10.2 Å². The normalized spacial score (nSPS) is 13.8. The van der Waals surface area contributed by atoms with E-state index in [1.165, 1.54) is 0 Å². The number of hydrogen-bond acceptors (Lipinski definition) is 5. The summed E-state index contributed by atoms with van der Waals surface area (Å²) in [5.41, 5.74) is 1.69. The fourth-order valence-electron chi connectivity index (χ4n) is 3.12. The van der Waals surface area contributed by atoms with E-state index in [1.807, 2.05) is 29.2 Å². The zero-order valence-electron chi connectivity index (χ0n) is 16.2. The van der Waals surface area contributed by atoms with E-state index in [-0.39, 0.29) is 18.4 Å². The zero-order chi connectivity index (χ0) is 19.9. The highest BCUT2D eigenvalue weighted by molar-refractivity contribution is 5.95. The maximum atomic E-state index is 12.4. The number of nitrogens with one attached hydrogen (secondary N) is 1. The second-order valence-corrected chi connectivity index (χ2v) is 6.52. The summed E-state index contributed by atoms with van der Waals surface area (Å²) in [6, 6.07) is 14.8. The van der Waals surface area contributed by atoms with E-state index in [4.69, 9.17) is 9.47 Å². The fourth-order valence-corrected chi connectivity index (χ4v) is 3.12. The first-order valence-corrected chi connectivity index (χ1v) is 9.23. The number of benzene rings is 2. The summed E-state index contributed by atoms with van der Waals surface area (Å²) in [4.78, 5) is 27.9. The third-order valence-electron chi connectivity index (χ3n) is 4.67. The van der Waals surface area contributed by atoms with Crippen LogP contribution in [0, 0.1) is 0 Å². The van der Waals surface area contributed by atoms with Crippen LogP contribution in [0.2, 0.25) is 0 Å². The Morgan fingerprint density at radius 3 is 2.25 bits per heavy atom. The number of piperazine rings is 1. The Morgan fingerprint density at radius 1 is 0.964 bits per heavy atom. The molecule has 2 amide bonds. The highest BCUT2D eigenvalue weighted by Gasteiger charge is 2.21. The second-order valence-electron chi connectivity index (χ2n) is 6.52. The van der Waals surface area contributed by atoms with Crippen LogP contribution in [-0.4, -0.2) is 56.6 Å². The Balaban J connectivity index is 1.58. The molecule has 1 fully saturated rings. The van der Waals surface area contributed by atoms with Gasteiger partial charge in [0.2, 0.25) is 5.91 Å². The molecular weight excluding hydrogens is 358 g/mol. The van der Waals surface area contributed by atoms with Gasteiger partial charge in [-0.15, -0.1) is 0 Å². The van der Waals surface area contributed by atoms with E-state index >= 15 is 0 Å². The van der Waals surface area contributed by atoms with Crippen molar-refractivity contribution in [3.05, 3.63) is 48.5 Å². The van der Waals surface area contributed by atoms with Crippen molar-refractivity contribution in [2.45, 2.75) is 6.92 Å². The molecule has 3 rings (SSSR count). The summed E-state index contributed by atoms with van der Waals surface area (Å²) in [7, 11) is 1.60. The predicted octanol–water partition coefficient (Wildman–Crippen LogP) is 2.38. The standard InChI is InChI=1S/C21H25N3O4/c1-16(25)23-11-13-24(14-12-23)20-6-4-3-5-19(20)22-21(26)15-28-18-9-7-17(27-2)8-10-18/h3-10H,11-15H2,1-2H3,(H,22,26). The monoisotopic (exact) mass is 383 g/mol. The molecule has 28 heavy (non-hydrogen) atoms. The molecule has 7 nitrogen and oxygen atoms in total. The van der Waals surface area contributed by atoms with E-state index in [9.17, 15) is 9.59 Å². The van der Waals surface area contributed by atoms with Crippen LogP contribution in [0.1, 0.15) is 6.92 Å². The number of anilines is 2. The summed E-state index contributed by atoms with van der Waals surface area (Å²) in [6.45, 7) is 4.32. The van der Waals surface area contributed by atoms with E-state index in [0.29, 0.717) is 18.8 Å². The van der Waals surface area contributed by atoms with E-state index in [1.54, 1.807) is 38.3 Å². The lowest BCUT2D eigenvalue weighted by atomic mass is 10.2. The summed E-state index contributed by atoms with van der Waals surface area (Å²) < 4.78 is 10.6. The average molecular weight is 383 g/mol. The largest absolute Gasteiger partial charge is 0.497 e. The minimum Gasteiger partial charge on any atom is -0.497 e. The molecule has 1 aliphatic heterocycles. The van der Waals surface area contributed by atoms with Crippen molar-refractivity contribution in [2.24, 2.45) is 0 Å². The molecule has 0 radical (unpaired) electrons. The molecule has 0 saturated carbocycles. The number of para-hydroxylation sites is 2. The summed E-state index contributed by atoms with van der Waals surface area (Å²) >= 11 is 0. The Morgan fingerprint density at radius 2 is 1.61 bits per heavy atom. The first-order chi connectivity index (χ1) is 13.6. The van der Waals surface area contributed by atoms with Crippen molar-refractivity contribution in [1.29, 1.82) is 0 Å². The van der Waals surface area contributed by atoms with Gasteiger partial charge in [-0.1, -0.05) is 12.1 Å². The van der Waals surface area contributed by atoms with Crippen LogP contribution < -0.4 is 19.7 Å². The van der Waals surface area contributed by atoms with Gasteiger partial charge in [0, 0.05) is 33.1 Å². The summed E-state index contributed by atoms with van der Waals surface area (Å²) in [5.74, 6) is 1.20. The molecular formula is C21H25N3O4. The van der Waals surface area contributed by atoms with E-state index < -0.39 is 0 Å². The third-order valence-corrected chi connectivity index (χ3v) is 4.67. The lowest BCUT2D eigenvalue weighted by Gasteiger charge is -2.36. The minimum atomic E-state index is -0.231. The molecule has 1 N–H and O–H groups in total. The summed E-state index contributed by atoms with van der Waals surface area (Å²) in [6.07, 6.45) is 0. The van der Waals surface area contributed by atoms with Gasteiger partial charge in [0.05, 0.1) is 18.5 Å². The molecule has 0 unspecified atom stereocenters. The molecule has 0 spiro atoms. The number of carbonyl (C=O) groups is 2. The number of methoxy groups -OCH3 is 1. The minimum absolute atomic E-state index is 0.0845. The number of carbonyl (C=O) groups excluding carboxylic acids is 2. The lowest BCUT2D eigenvalue weighted by molar-refractivity contribution is -0.129. The highest BCUT2D eigenvalue weighted by Crippen LogP contribution is 2.26. The second kappa shape index (κ2) is 9.12. The third kappa shape index (κ3) is 4.94. The van der Waals surface area contributed by atoms with Gasteiger partial charge in [-0.05, 0) is 36.4 Å². The van der Waals surface area contributed by atoms with Gasteiger partial charge in [-0.3, -0.25) is 9.59 Å². The molecule has 1 heterocycles.